The lowest BCUT2D eigenvalue weighted by atomic mass is 9.30. The minimum Gasteiger partial charge on any atom is -0.309 e. The Morgan fingerprint density at radius 1 is 0.742 bits per heavy atom. The molecular weight excluding hydrogens is 375 g/mol. The second-order valence-corrected chi connectivity index (χ2v) is 9.28. The maximum Gasteiger partial charge on any atom is 0.247 e. The summed E-state index contributed by atoms with van der Waals surface area (Å²) < 4.78 is 2.36. The third-order valence-corrected chi connectivity index (χ3v) is 7.51. The summed E-state index contributed by atoms with van der Waals surface area (Å²) in [5.41, 5.74) is 11.0. The van der Waals surface area contributed by atoms with Crippen molar-refractivity contribution in [3.05, 3.63) is 95.6 Å². The first-order chi connectivity index (χ1) is 15.1. The van der Waals surface area contributed by atoms with E-state index in [2.05, 4.69) is 91.2 Å². The Bertz CT molecular complexity index is 1630. The fourth-order valence-corrected chi connectivity index (χ4v) is 6.22. The summed E-state index contributed by atoms with van der Waals surface area (Å²) in [5.74, 6) is 0. The van der Waals surface area contributed by atoms with Gasteiger partial charge in [0.05, 0.1) is 11.1 Å². The van der Waals surface area contributed by atoms with Crippen molar-refractivity contribution in [2.45, 2.75) is 19.3 Å². The van der Waals surface area contributed by atoms with E-state index >= 15 is 0 Å². The van der Waals surface area contributed by atoms with Gasteiger partial charge in [0.2, 0.25) is 6.71 Å². The Morgan fingerprint density at radius 3 is 2.32 bits per heavy atom. The number of hydrogen-bond donors (Lipinski definition) is 0. The molecule has 0 aliphatic carbocycles. The van der Waals surface area contributed by atoms with Gasteiger partial charge in [-0.25, -0.2) is 0 Å². The predicted octanol–water partition coefficient (Wildman–Crippen LogP) is 4.12. The van der Waals surface area contributed by atoms with E-state index in [0.717, 1.165) is 16.5 Å². The van der Waals surface area contributed by atoms with Crippen molar-refractivity contribution in [1.82, 2.24) is 4.57 Å². The highest BCUT2D eigenvalue weighted by atomic mass is 15.0. The summed E-state index contributed by atoms with van der Waals surface area (Å²) in [4.78, 5) is 0. The number of nitrogens with zero attached hydrogens (tertiary/aromatic N) is 2. The van der Waals surface area contributed by atoms with Crippen molar-refractivity contribution in [3.63, 3.8) is 0 Å². The Balaban J connectivity index is 1.80. The molecule has 2 aliphatic rings. The minimum absolute atomic E-state index is 0.0811. The minimum atomic E-state index is -0.0811. The summed E-state index contributed by atoms with van der Waals surface area (Å²) in [6, 6.07) is 30.8. The molecule has 0 amide bonds. The highest BCUT2D eigenvalue weighted by Gasteiger charge is 2.44. The first-order valence-corrected chi connectivity index (χ1v) is 10.8. The van der Waals surface area contributed by atoms with Gasteiger partial charge >= 0.3 is 0 Å². The molecule has 144 valence electrons. The predicted molar refractivity (Wildman–Crippen MR) is 129 cm³/mol. The van der Waals surface area contributed by atoms with Crippen LogP contribution in [0.1, 0.15) is 30.5 Å². The monoisotopic (exact) mass is 394 g/mol. The van der Waals surface area contributed by atoms with Gasteiger partial charge in [0.25, 0.3) is 0 Å². The third kappa shape index (κ3) is 1.85. The number of hydrogen-bond acceptors (Lipinski definition) is 1. The fourth-order valence-electron chi connectivity index (χ4n) is 6.22. The molecule has 4 aromatic carbocycles. The molecule has 3 heterocycles. The van der Waals surface area contributed by atoms with Crippen LogP contribution < -0.4 is 16.4 Å². The largest absolute Gasteiger partial charge is 0.309 e. The quantitative estimate of drug-likeness (QED) is 0.356. The lowest BCUT2D eigenvalue weighted by Gasteiger charge is -2.41. The van der Waals surface area contributed by atoms with Gasteiger partial charge in [-0.15, -0.1) is 0 Å². The molecule has 0 atom stereocenters. The summed E-state index contributed by atoms with van der Waals surface area (Å²) in [5, 5.41) is 12.3. The molecule has 0 unspecified atom stereocenters. The van der Waals surface area contributed by atoms with E-state index in [-0.39, 0.29) is 12.1 Å². The van der Waals surface area contributed by atoms with Crippen molar-refractivity contribution in [2.75, 3.05) is 0 Å². The van der Waals surface area contributed by atoms with E-state index in [0.29, 0.717) is 0 Å². The first-order valence-electron chi connectivity index (χ1n) is 10.8. The van der Waals surface area contributed by atoms with Gasteiger partial charge in [-0.2, -0.15) is 5.26 Å². The van der Waals surface area contributed by atoms with Crippen LogP contribution in [0.15, 0.2) is 78.9 Å². The second-order valence-electron chi connectivity index (χ2n) is 9.28. The molecule has 0 N–H and O–H groups in total. The van der Waals surface area contributed by atoms with Gasteiger partial charge < -0.3 is 4.57 Å². The lowest BCUT2D eigenvalue weighted by molar-refractivity contribution is 0.646. The van der Waals surface area contributed by atoms with E-state index in [1.165, 1.54) is 44.1 Å². The molecule has 31 heavy (non-hydrogen) atoms. The molecule has 0 saturated carbocycles. The van der Waals surface area contributed by atoms with Crippen molar-refractivity contribution in [3.8, 4) is 11.8 Å². The summed E-state index contributed by atoms with van der Waals surface area (Å²) in [7, 11) is 0. The number of nitriles is 1. The molecule has 2 nitrogen and oxygen atoms in total. The molecule has 0 fully saturated rings. The molecular formula is C28H19BN2. The number of benzene rings is 4. The van der Waals surface area contributed by atoms with Crippen LogP contribution >= 0.6 is 0 Å². The second kappa shape index (κ2) is 5.48. The number of para-hydroxylation sites is 2. The molecule has 0 spiro atoms. The maximum atomic E-state index is 9.93. The SMILES string of the molecule is CC1(C)c2ccccc2B2c3ccccc3-n3c4c(C#N)cccc4c4ccc1c2c43. The van der Waals surface area contributed by atoms with Crippen LogP contribution in [0.5, 0.6) is 0 Å². The van der Waals surface area contributed by atoms with E-state index in [9.17, 15) is 5.26 Å². The van der Waals surface area contributed by atoms with Crippen LogP contribution in [0.4, 0.5) is 0 Å². The average molecular weight is 394 g/mol. The molecule has 0 bridgehead atoms. The molecule has 7 rings (SSSR count). The molecule has 2 aliphatic heterocycles. The first kappa shape index (κ1) is 17.0. The van der Waals surface area contributed by atoms with Crippen molar-refractivity contribution in [2.24, 2.45) is 0 Å². The van der Waals surface area contributed by atoms with Crippen LogP contribution in [-0.4, -0.2) is 11.3 Å². The standard InChI is InChI=1S/C28H19BN2/c1-28(2)20-10-3-4-11-22(20)29-23-12-5-6-13-24(23)31-26-17(16-30)8-7-9-18(26)19-14-15-21(28)25(29)27(19)31/h3-15H,1-2H3. The zero-order valence-electron chi connectivity index (χ0n) is 17.5. The normalized spacial score (nSPS) is 14.9. The Labute approximate surface area is 181 Å². The van der Waals surface area contributed by atoms with Gasteiger partial charge in [-0.1, -0.05) is 86.0 Å². The van der Waals surface area contributed by atoms with Crippen LogP contribution in [0.2, 0.25) is 0 Å². The number of aromatic nitrogens is 1. The smallest absolute Gasteiger partial charge is 0.247 e. The Kier molecular flexibility index (Phi) is 3.00. The molecule has 0 radical (unpaired) electrons. The maximum absolute atomic E-state index is 9.93. The number of rotatable bonds is 0. The van der Waals surface area contributed by atoms with E-state index < -0.39 is 0 Å². The van der Waals surface area contributed by atoms with Crippen LogP contribution in [0, 0.1) is 11.3 Å². The molecule has 5 aromatic rings. The van der Waals surface area contributed by atoms with Crippen LogP contribution in [-0.2, 0) is 5.41 Å². The van der Waals surface area contributed by atoms with Gasteiger partial charge in [0.1, 0.15) is 6.07 Å². The van der Waals surface area contributed by atoms with Crippen molar-refractivity contribution in [1.29, 1.82) is 5.26 Å². The van der Waals surface area contributed by atoms with Crippen molar-refractivity contribution >= 4 is 44.9 Å². The van der Waals surface area contributed by atoms with Crippen LogP contribution in [0.3, 0.4) is 0 Å². The average Bonchev–Trinajstić information content (AvgIpc) is 3.15. The van der Waals surface area contributed by atoms with Crippen molar-refractivity contribution < 1.29 is 0 Å². The lowest BCUT2D eigenvalue weighted by Crippen LogP contribution is -2.63. The van der Waals surface area contributed by atoms with Gasteiger partial charge in [0, 0.05) is 27.4 Å². The molecule has 1 aromatic heterocycles. The highest BCUT2D eigenvalue weighted by molar-refractivity contribution is 6.99. The van der Waals surface area contributed by atoms with Crippen LogP contribution in [0.25, 0.3) is 27.5 Å². The highest BCUT2D eigenvalue weighted by Crippen LogP contribution is 2.41. The van der Waals surface area contributed by atoms with Gasteiger partial charge in [0.15, 0.2) is 0 Å². The zero-order chi connectivity index (χ0) is 20.9. The summed E-state index contributed by atoms with van der Waals surface area (Å²) >= 11 is 0. The fraction of sp³-hybridized carbons (Fsp3) is 0.107. The molecule has 0 saturated heterocycles. The Hall–Kier alpha value is -3.77. The zero-order valence-corrected chi connectivity index (χ0v) is 17.5. The van der Waals surface area contributed by atoms with E-state index in [1.54, 1.807) is 0 Å². The number of fused-ring (bicyclic) bond motifs is 8. The van der Waals surface area contributed by atoms with E-state index in [4.69, 9.17) is 0 Å². The van der Waals surface area contributed by atoms with E-state index in [1.807, 2.05) is 12.1 Å². The topological polar surface area (TPSA) is 28.7 Å². The Morgan fingerprint density at radius 2 is 1.48 bits per heavy atom. The molecule has 3 heteroatoms. The summed E-state index contributed by atoms with van der Waals surface area (Å²) in [6.45, 7) is 4.89. The summed E-state index contributed by atoms with van der Waals surface area (Å²) in [6.07, 6.45) is 0. The van der Waals surface area contributed by atoms with Gasteiger partial charge in [-0.3, -0.25) is 0 Å². The third-order valence-electron chi connectivity index (χ3n) is 7.51. The van der Waals surface area contributed by atoms with Gasteiger partial charge in [-0.05, 0) is 34.2 Å².